The van der Waals surface area contributed by atoms with Gasteiger partial charge in [-0.15, -0.1) is 0 Å². The van der Waals surface area contributed by atoms with Crippen LogP contribution in [0.2, 0.25) is 5.02 Å². The van der Waals surface area contributed by atoms with E-state index in [1.807, 2.05) is 30.3 Å². The summed E-state index contributed by atoms with van der Waals surface area (Å²) in [6, 6.07) is 11.2. The van der Waals surface area contributed by atoms with Crippen LogP contribution in [0.3, 0.4) is 0 Å². The molecule has 0 aliphatic rings. The van der Waals surface area contributed by atoms with Crippen molar-refractivity contribution in [3.05, 3.63) is 41.4 Å². The van der Waals surface area contributed by atoms with Gasteiger partial charge in [0.1, 0.15) is 19.0 Å². The molecule has 2 radical (unpaired) electrons. The van der Waals surface area contributed by atoms with Crippen LogP contribution in [0, 0.1) is 0 Å². The molecule has 2 aromatic carbocycles. The van der Waals surface area contributed by atoms with Crippen molar-refractivity contribution in [1.82, 2.24) is 0 Å². The summed E-state index contributed by atoms with van der Waals surface area (Å²) in [6.45, 7) is 0. The largest absolute Gasteiger partial charge is 0.456 e. The zero-order valence-electron chi connectivity index (χ0n) is 7.83. The molecule has 0 atom stereocenters. The molecule has 0 fully saturated rings. The Hall–Kier alpha value is -1.41. The Labute approximate surface area is 93.0 Å². The van der Waals surface area contributed by atoms with Crippen LogP contribution in [0.25, 0.3) is 21.9 Å². The SMILES string of the molecule is [B]c1cccc2oc3cc(Cl)ccc3c12. The van der Waals surface area contributed by atoms with Crippen molar-refractivity contribution >= 4 is 46.8 Å². The molecular formula is C12H6BClO. The van der Waals surface area contributed by atoms with Gasteiger partial charge in [-0.3, -0.25) is 0 Å². The minimum absolute atomic E-state index is 0.667. The molecule has 3 heteroatoms. The molecule has 0 saturated heterocycles. The molecule has 1 aromatic heterocycles. The number of hydrogen-bond acceptors (Lipinski definition) is 1. The normalized spacial score (nSPS) is 11.3. The van der Waals surface area contributed by atoms with E-state index in [-0.39, 0.29) is 0 Å². The molecule has 0 aliphatic heterocycles. The maximum Gasteiger partial charge on any atom is 0.136 e. The Kier molecular flexibility index (Phi) is 1.80. The van der Waals surface area contributed by atoms with E-state index in [0.717, 1.165) is 27.4 Å². The van der Waals surface area contributed by atoms with Crippen LogP contribution in [0.5, 0.6) is 0 Å². The van der Waals surface area contributed by atoms with Gasteiger partial charge in [0.25, 0.3) is 0 Å². The summed E-state index contributed by atoms with van der Waals surface area (Å²) < 4.78 is 5.65. The average molecular weight is 212 g/mol. The molecule has 0 saturated carbocycles. The number of rotatable bonds is 0. The van der Waals surface area contributed by atoms with E-state index in [2.05, 4.69) is 0 Å². The molecule has 0 aliphatic carbocycles. The Bertz CT molecular complexity index is 657. The van der Waals surface area contributed by atoms with Crippen LogP contribution in [-0.2, 0) is 0 Å². The molecule has 0 spiro atoms. The Balaban J connectivity index is 2.59. The molecule has 0 unspecified atom stereocenters. The second kappa shape index (κ2) is 3.04. The van der Waals surface area contributed by atoms with Crippen molar-refractivity contribution in [2.45, 2.75) is 0 Å². The van der Waals surface area contributed by atoms with E-state index < -0.39 is 0 Å². The molecule has 70 valence electrons. The van der Waals surface area contributed by atoms with Gasteiger partial charge in [0.15, 0.2) is 0 Å². The second-order valence-electron chi connectivity index (χ2n) is 3.46. The van der Waals surface area contributed by atoms with Crippen LogP contribution in [0.1, 0.15) is 0 Å². The van der Waals surface area contributed by atoms with E-state index in [4.69, 9.17) is 23.9 Å². The van der Waals surface area contributed by atoms with Crippen molar-refractivity contribution in [3.63, 3.8) is 0 Å². The summed E-state index contributed by atoms with van der Waals surface area (Å²) in [6.07, 6.45) is 0. The summed E-state index contributed by atoms with van der Waals surface area (Å²) in [5, 5.41) is 2.64. The fraction of sp³-hybridized carbons (Fsp3) is 0. The molecular weight excluding hydrogens is 206 g/mol. The Morgan fingerprint density at radius 2 is 1.93 bits per heavy atom. The van der Waals surface area contributed by atoms with E-state index in [1.165, 1.54) is 0 Å². The number of furan rings is 1. The fourth-order valence-electron chi connectivity index (χ4n) is 1.83. The van der Waals surface area contributed by atoms with Crippen molar-refractivity contribution in [1.29, 1.82) is 0 Å². The van der Waals surface area contributed by atoms with Crippen molar-refractivity contribution in [3.8, 4) is 0 Å². The van der Waals surface area contributed by atoms with Crippen LogP contribution in [-0.4, -0.2) is 7.85 Å². The Morgan fingerprint density at radius 1 is 1.07 bits per heavy atom. The molecule has 0 bridgehead atoms. The average Bonchev–Trinajstić information content (AvgIpc) is 2.56. The maximum absolute atomic E-state index is 5.91. The lowest BCUT2D eigenvalue weighted by Gasteiger charge is -1.94. The van der Waals surface area contributed by atoms with Gasteiger partial charge in [-0.1, -0.05) is 29.2 Å². The zero-order chi connectivity index (χ0) is 10.4. The highest BCUT2D eigenvalue weighted by Gasteiger charge is 2.07. The van der Waals surface area contributed by atoms with Gasteiger partial charge in [0, 0.05) is 21.9 Å². The number of halogens is 1. The van der Waals surface area contributed by atoms with Crippen LogP contribution < -0.4 is 5.46 Å². The molecule has 3 aromatic rings. The number of hydrogen-bond donors (Lipinski definition) is 0. The summed E-state index contributed by atoms with van der Waals surface area (Å²) in [5.74, 6) is 0. The monoisotopic (exact) mass is 212 g/mol. The predicted octanol–water partition coefficient (Wildman–Crippen LogP) is 3.03. The summed E-state index contributed by atoms with van der Waals surface area (Å²) in [7, 11) is 5.91. The highest BCUT2D eigenvalue weighted by molar-refractivity contribution is 6.41. The van der Waals surface area contributed by atoms with Gasteiger partial charge in [0.05, 0.1) is 0 Å². The molecule has 3 rings (SSSR count). The summed E-state index contributed by atoms with van der Waals surface area (Å²) in [4.78, 5) is 0. The van der Waals surface area contributed by atoms with Gasteiger partial charge in [-0.05, 0) is 18.2 Å². The zero-order valence-corrected chi connectivity index (χ0v) is 8.58. The first-order chi connectivity index (χ1) is 7.25. The van der Waals surface area contributed by atoms with Gasteiger partial charge in [-0.2, -0.15) is 0 Å². The highest BCUT2D eigenvalue weighted by atomic mass is 35.5. The number of fused-ring (bicyclic) bond motifs is 3. The number of benzene rings is 2. The maximum atomic E-state index is 5.91. The first-order valence-corrected chi connectivity index (χ1v) is 5.00. The lowest BCUT2D eigenvalue weighted by atomic mass is 9.91. The Morgan fingerprint density at radius 3 is 2.80 bits per heavy atom. The lowest BCUT2D eigenvalue weighted by Crippen LogP contribution is -2.00. The molecule has 1 heterocycles. The standard InChI is InChI=1S/C12H6BClO/c13-9-2-1-3-10-12(9)8-5-4-7(14)6-11(8)15-10/h1-6H. The van der Waals surface area contributed by atoms with Gasteiger partial charge in [0.2, 0.25) is 0 Å². The summed E-state index contributed by atoms with van der Waals surface area (Å²) >= 11 is 5.89. The minimum Gasteiger partial charge on any atom is -0.456 e. The molecule has 15 heavy (non-hydrogen) atoms. The van der Waals surface area contributed by atoms with Crippen molar-refractivity contribution in [2.24, 2.45) is 0 Å². The smallest absolute Gasteiger partial charge is 0.136 e. The van der Waals surface area contributed by atoms with E-state index >= 15 is 0 Å². The highest BCUT2D eigenvalue weighted by Crippen LogP contribution is 2.28. The van der Waals surface area contributed by atoms with Crippen LogP contribution >= 0.6 is 11.6 Å². The van der Waals surface area contributed by atoms with E-state index in [9.17, 15) is 0 Å². The van der Waals surface area contributed by atoms with Crippen LogP contribution in [0.4, 0.5) is 0 Å². The lowest BCUT2D eigenvalue weighted by molar-refractivity contribution is 0.669. The van der Waals surface area contributed by atoms with Gasteiger partial charge < -0.3 is 4.42 Å². The predicted molar refractivity (Wildman–Crippen MR) is 64.1 cm³/mol. The molecule has 0 N–H and O–H groups in total. The second-order valence-corrected chi connectivity index (χ2v) is 3.90. The third-order valence-corrected chi connectivity index (χ3v) is 2.73. The van der Waals surface area contributed by atoms with E-state index in [0.29, 0.717) is 5.02 Å². The third kappa shape index (κ3) is 1.25. The summed E-state index contributed by atoms with van der Waals surface area (Å²) in [5.41, 5.74) is 2.30. The van der Waals surface area contributed by atoms with Crippen molar-refractivity contribution in [2.75, 3.05) is 0 Å². The first kappa shape index (κ1) is 8.87. The van der Waals surface area contributed by atoms with Crippen molar-refractivity contribution < 1.29 is 4.42 Å². The first-order valence-electron chi connectivity index (χ1n) is 4.62. The molecule has 1 nitrogen and oxygen atoms in total. The fourth-order valence-corrected chi connectivity index (χ4v) is 1.99. The topological polar surface area (TPSA) is 13.1 Å². The third-order valence-electron chi connectivity index (χ3n) is 2.49. The molecule has 0 amide bonds. The van der Waals surface area contributed by atoms with Crippen LogP contribution in [0.15, 0.2) is 40.8 Å². The quantitative estimate of drug-likeness (QED) is 0.522. The van der Waals surface area contributed by atoms with E-state index in [1.54, 1.807) is 6.07 Å². The minimum atomic E-state index is 0.667. The van der Waals surface area contributed by atoms with Gasteiger partial charge >= 0.3 is 0 Å². The van der Waals surface area contributed by atoms with Gasteiger partial charge in [-0.25, -0.2) is 0 Å².